The highest BCUT2D eigenvalue weighted by Crippen LogP contribution is 2.24. The summed E-state index contributed by atoms with van der Waals surface area (Å²) in [6.45, 7) is 6.36. The van der Waals surface area contributed by atoms with Crippen molar-refractivity contribution in [3.05, 3.63) is 53.5 Å². The summed E-state index contributed by atoms with van der Waals surface area (Å²) in [4.78, 5) is 22.5. The Morgan fingerprint density at radius 1 is 1.12 bits per heavy atom. The molecule has 6 heteroatoms. The Hall–Kier alpha value is -2.76. The van der Waals surface area contributed by atoms with Gasteiger partial charge < -0.3 is 19.6 Å². The molecule has 0 saturated heterocycles. The van der Waals surface area contributed by atoms with E-state index >= 15 is 0 Å². The molecule has 0 spiro atoms. The van der Waals surface area contributed by atoms with Crippen LogP contribution in [0.4, 0.5) is 0 Å². The summed E-state index contributed by atoms with van der Waals surface area (Å²) in [5.41, 5.74) is 1.25. The Balaban J connectivity index is 1.79. The standard InChI is InChI=1S/C18H21NO5/c1-18(2,3)12-4-6-13(7-5-12)23-11-16(20)19-10-14-8-9-15(24-14)17(21)22/h4-9H,10-11H2,1-3H3,(H,19,20)(H,21,22). The topological polar surface area (TPSA) is 88.8 Å². The van der Waals surface area contributed by atoms with Crippen molar-refractivity contribution in [2.75, 3.05) is 6.61 Å². The second-order valence-corrected chi connectivity index (χ2v) is 6.41. The number of carbonyl (C=O) groups is 2. The van der Waals surface area contributed by atoms with Crippen LogP contribution < -0.4 is 10.1 Å². The molecule has 0 bridgehead atoms. The zero-order valence-corrected chi connectivity index (χ0v) is 14.0. The highest BCUT2D eigenvalue weighted by Gasteiger charge is 2.13. The third-order valence-electron chi connectivity index (χ3n) is 3.42. The first kappa shape index (κ1) is 17.6. The van der Waals surface area contributed by atoms with Crippen molar-refractivity contribution in [3.63, 3.8) is 0 Å². The zero-order chi connectivity index (χ0) is 17.7. The van der Waals surface area contributed by atoms with E-state index in [1.54, 1.807) is 0 Å². The number of carbonyl (C=O) groups excluding carboxylic acids is 1. The normalized spacial score (nSPS) is 11.1. The van der Waals surface area contributed by atoms with Crippen LogP contribution in [-0.4, -0.2) is 23.6 Å². The lowest BCUT2D eigenvalue weighted by atomic mass is 9.87. The zero-order valence-electron chi connectivity index (χ0n) is 14.0. The van der Waals surface area contributed by atoms with Gasteiger partial charge in [0.2, 0.25) is 5.76 Å². The van der Waals surface area contributed by atoms with E-state index in [9.17, 15) is 9.59 Å². The average Bonchev–Trinajstić information content (AvgIpc) is 3.00. The van der Waals surface area contributed by atoms with Crippen molar-refractivity contribution >= 4 is 11.9 Å². The number of carboxylic acid groups (broad SMARTS) is 1. The monoisotopic (exact) mass is 331 g/mol. The van der Waals surface area contributed by atoms with Crippen molar-refractivity contribution in [2.24, 2.45) is 0 Å². The van der Waals surface area contributed by atoms with Gasteiger partial charge in [-0.1, -0.05) is 32.9 Å². The predicted octanol–water partition coefficient (Wildman–Crippen LogP) is 2.97. The molecule has 1 aromatic heterocycles. The highest BCUT2D eigenvalue weighted by atomic mass is 16.5. The third kappa shape index (κ3) is 4.87. The largest absolute Gasteiger partial charge is 0.484 e. The number of amides is 1. The summed E-state index contributed by atoms with van der Waals surface area (Å²) in [6, 6.07) is 10.5. The smallest absolute Gasteiger partial charge is 0.371 e. The summed E-state index contributed by atoms with van der Waals surface area (Å²) in [5, 5.41) is 11.4. The number of nitrogens with one attached hydrogen (secondary N) is 1. The first-order valence-corrected chi connectivity index (χ1v) is 7.58. The fourth-order valence-corrected chi connectivity index (χ4v) is 2.02. The van der Waals surface area contributed by atoms with Gasteiger partial charge in [-0.2, -0.15) is 0 Å². The number of hydrogen-bond donors (Lipinski definition) is 2. The van der Waals surface area contributed by atoms with E-state index in [-0.39, 0.29) is 30.2 Å². The van der Waals surface area contributed by atoms with E-state index in [0.717, 1.165) is 0 Å². The molecule has 0 atom stereocenters. The van der Waals surface area contributed by atoms with Gasteiger partial charge in [-0.25, -0.2) is 4.79 Å². The summed E-state index contributed by atoms with van der Waals surface area (Å²) < 4.78 is 10.5. The highest BCUT2D eigenvalue weighted by molar-refractivity contribution is 5.84. The lowest BCUT2D eigenvalue weighted by molar-refractivity contribution is -0.123. The molecular weight excluding hydrogens is 310 g/mol. The Kier molecular flexibility index (Phi) is 5.28. The van der Waals surface area contributed by atoms with E-state index in [1.165, 1.54) is 17.7 Å². The molecule has 128 valence electrons. The number of furan rings is 1. The summed E-state index contributed by atoms with van der Waals surface area (Å²) in [6.07, 6.45) is 0. The van der Waals surface area contributed by atoms with Crippen molar-refractivity contribution in [2.45, 2.75) is 32.7 Å². The van der Waals surface area contributed by atoms with E-state index in [0.29, 0.717) is 11.5 Å². The molecule has 0 fully saturated rings. The first-order valence-electron chi connectivity index (χ1n) is 7.58. The molecule has 2 rings (SSSR count). The van der Waals surface area contributed by atoms with Gasteiger partial charge in [0.15, 0.2) is 6.61 Å². The summed E-state index contributed by atoms with van der Waals surface area (Å²) >= 11 is 0. The number of aromatic carboxylic acids is 1. The van der Waals surface area contributed by atoms with Crippen molar-refractivity contribution in [1.29, 1.82) is 0 Å². The fraction of sp³-hybridized carbons (Fsp3) is 0.333. The van der Waals surface area contributed by atoms with E-state index in [4.69, 9.17) is 14.3 Å². The van der Waals surface area contributed by atoms with Gasteiger partial charge in [0.1, 0.15) is 11.5 Å². The van der Waals surface area contributed by atoms with E-state index < -0.39 is 5.97 Å². The second-order valence-electron chi connectivity index (χ2n) is 6.41. The van der Waals surface area contributed by atoms with Crippen LogP contribution >= 0.6 is 0 Å². The van der Waals surface area contributed by atoms with Crippen LogP contribution in [0.25, 0.3) is 0 Å². The minimum atomic E-state index is -1.14. The molecule has 2 N–H and O–H groups in total. The molecule has 24 heavy (non-hydrogen) atoms. The minimum Gasteiger partial charge on any atom is -0.484 e. The molecule has 0 aliphatic carbocycles. The van der Waals surface area contributed by atoms with Crippen LogP contribution in [-0.2, 0) is 16.8 Å². The van der Waals surface area contributed by atoms with Crippen LogP contribution in [0.1, 0.15) is 42.6 Å². The van der Waals surface area contributed by atoms with Gasteiger partial charge >= 0.3 is 5.97 Å². The number of carboxylic acids is 1. The molecule has 2 aromatic rings. The molecule has 0 saturated carbocycles. The van der Waals surface area contributed by atoms with Crippen LogP contribution in [0.2, 0.25) is 0 Å². The van der Waals surface area contributed by atoms with Crippen LogP contribution in [0.5, 0.6) is 5.75 Å². The Morgan fingerprint density at radius 3 is 2.33 bits per heavy atom. The van der Waals surface area contributed by atoms with Crippen LogP contribution in [0.3, 0.4) is 0 Å². The lowest BCUT2D eigenvalue weighted by Gasteiger charge is -2.19. The summed E-state index contributed by atoms with van der Waals surface area (Å²) in [5.74, 6) is -0.633. The van der Waals surface area contributed by atoms with Gasteiger partial charge in [0, 0.05) is 0 Å². The fourth-order valence-electron chi connectivity index (χ4n) is 2.02. The molecule has 1 heterocycles. The van der Waals surface area contributed by atoms with E-state index in [2.05, 4.69) is 26.1 Å². The Morgan fingerprint density at radius 2 is 1.79 bits per heavy atom. The van der Waals surface area contributed by atoms with Crippen molar-refractivity contribution in [3.8, 4) is 5.75 Å². The maximum absolute atomic E-state index is 11.8. The molecule has 1 amide bonds. The van der Waals surface area contributed by atoms with Gasteiger partial charge in [0.25, 0.3) is 5.91 Å². The number of hydrogen-bond acceptors (Lipinski definition) is 4. The minimum absolute atomic E-state index is 0.0632. The molecule has 0 aliphatic heterocycles. The lowest BCUT2D eigenvalue weighted by Crippen LogP contribution is -2.28. The maximum atomic E-state index is 11.8. The van der Waals surface area contributed by atoms with E-state index in [1.807, 2.05) is 24.3 Å². The van der Waals surface area contributed by atoms with Gasteiger partial charge in [-0.15, -0.1) is 0 Å². The van der Waals surface area contributed by atoms with Crippen LogP contribution in [0, 0.1) is 0 Å². The van der Waals surface area contributed by atoms with Gasteiger partial charge in [-0.3, -0.25) is 4.79 Å². The second kappa shape index (κ2) is 7.21. The molecule has 0 radical (unpaired) electrons. The third-order valence-corrected chi connectivity index (χ3v) is 3.42. The summed E-state index contributed by atoms with van der Waals surface area (Å²) in [7, 11) is 0. The quantitative estimate of drug-likeness (QED) is 0.849. The van der Waals surface area contributed by atoms with Crippen molar-refractivity contribution < 1.29 is 23.8 Å². The SMILES string of the molecule is CC(C)(C)c1ccc(OCC(=O)NCc2ccc(C(=O)O)o2)cc1. The van der Waals surface area contributed by atoms with Gasteiger partial charge in [-0.05, 0) is 35.2 Å². The molecule has 0 unspecified atom stereocenters. The molecular formula is C18H21NO5. The molecule has 1 aromatic carbocycles. The van der Waals surface area contributed by atoms with Gasteiger partial charge in [0.05, 0.1) is 6.54 Å². The number of rotatable bonds is 6. The maximum Gasteiger partial charge on any atom is 0.371 e. The first-order chi connectivity index (χ1) is 11.3. The van der Waals surface area contributed by atoms with Crippen molar-refractivity contribution in [1.82, 2.24) is 5.32 Å². The predicted molar refractivity (Wildman–Crippen MR) is 88.2 cm³/mol. The molecule has 0 aliphatic rings. The number of benzene rings is 1. The number of ether oxygens (including phenoxy) is 1. The van der Waals surface area contributed by atoms with Crippen LogP contribution in [0.15, 0.2) is 40.8 Å². The Labute approximate surface area is 140 Å². The Bertz CT molecular complexity index is 710. The average molecular weight is 331 g/mol. The molecule has 6 nitrogen and oxygen atoms in total.